The number of imidazole rings is 1. The number of aromatic nitrogens is 2. The standard InChI is InChI=1S/C26H23F2N5O3/c27-19-12-18(13-20(28)14-19)25(34)33-9-6-23(16-33)36-22-3-1-21(2-4-22)31-26(35)30-15-17-5-8-32-10-7-29-24(32)11-17/h1-5,7-8,10-14,23H,6,9,15-16H2,(H2,30,31,35)/t23-/m1/s1. The van der Waals surface area contributed by atoms with Crippen molar-refractivity contribution in [1.29, 1.82) is 0 Å². The van der Waals surface area contributed by atoms with Crippen LogP contribution in [-0.4, -0.2) is 45.4 Å². The lowest BCUT2D eigenvalue weighted by Gasteiger charge is -2.17. The van der Waals surface area contributed by atoms with Crippen molar-refractivity contribution in [2.75, 3.05) is 18.4 Å². The number of ether oxygens (including phenoxy) is 1. The van der Waals surface area contributed by atoms with Crippen molar-refractivity contribution in [1.82, 2.24) is 19.6 Å². The Bertz CT molecular complexity index is 1390. The van der Waals surface area contributed by atoms with Gasteiger partial charge in [0.15, 0.2) is 0 Å². The molecule has 0 radical (unpaired) electrons. The Morgan fingerprint density at radius 1 is 1.03 bits per heavy atom. The lowest BCUT2D eigenvalue weighted by Crippen LogP contribution is -2.31. The van der Waals surface area contributed by atoms with E-state index in [0.29, 0.717) is 37.5 Å². The molecule has 4 aromatic rings. The fourth-order valence-electron chi connectivity index (χ4n) is 4.10. The van der Waals surface area contributed by atoms with Crippen LogP contribution < -0.4 is 15.4 Å². The van der Waals surface area contributed by atoms with Crippen molar-refractivity contribution < 1.29 is 23.1 Å². The summed E-state index contributed by atoms with van der Waals surface area (Å²) < 4.78 is 34.7. The van der Waals surface area contributed by atoms with E-state index in [2.05, 4.69) is 15.6 Å². The zero-order valence-corrected chi connectivity index (χ0v) is 19.2. The predicted octanol–water partition coefficient (Wildman–Crippen LogP) is 4.23. The minimum Gasteiger partial charge on any atom is -0.489 e. The molecule has 1 fully saturated rings. The summed E-state index contributed by atoms with van der Waals surface area (Å²) >= 11 is 0. The maximum absolute atomic E-state index is 13.4. The number of carbonyl (C=O) groups excluding carboxylic acids is 2. The van der Waals surface area contributed by atoms with Gasteiger partial charge in [-0.3, -0.25) is 4.79 Å². The molecule has 2 N–H and O–H groups in total. The number of likely N-dealkylation sites (tertiary alicyclic amines) is 1. The number of anilines is 1. The molecule has 2 aromatic heterocycles. The van der Waals surface area contributed by atoms with Crippen LogP contribution in [0.1, 0.15) is 22.3 Å². The molecular formula is C26H23F2N5O3. The van der Waals surface area contributed by atoms with Crippen LogP contribution in [0.5, 0.6) is 5.75 Å². The minimum absolute atomic E-state index is 0.0241. The molecule has 0 unspecified atom stereocenters. The molecule has 36 heavy (non-hydrogen) atoms. The number of urea groups is 1. The first kappa shape index (κ1) is 23.3. The number of amides is 3. The fourth-order valence-corrected chi connectivity index (χ4v) is 4.10. The summed E-state index contributed by atoms with van der Waals surface area (Å²) in [6.07, 6.45) is 5.79. The van der Waals surface area contributed by atoms with Crippen LogP contribution in [0.2, 0.25) is 0 Å². The molecule has 1 atom stereocenters. The number of nitrogens with zero attached hydrogens (tertiary/aromatic N) is 3. The van der Waals surface area contributed by atoms with Crippen molar-refractivity contribution in [3.05, 3.63) is 95.9 Å². The number of pyridine rings is 1. The van der Waals surface area contributed by atoms with Crippen molar-refractivity contribution >= 4 is 23.3 Å². The second-order valence-corrected chi connectivity index (χ2v) is 8.50. The molecule has 10 heteroatoms. The molecule has 5 rings (SSSR count). The van der Waals surface area contributed by atoms with Crippen LogP contribution in [0.4, 0.5) is 19.3 Å². The molecule has 184 valence electrons. The summed E-state index contributed by atoms with van der Waals surface area (Å²) in [6, 6.07) is 13.2. The maximum atomic E-state index is 13.4. The molecule has 0 saturated carbocycles. The highest BCUT2D eigenvalue weighted by molar-refractivity contribution is 5.94. The summed E-state index contributed by atoms with van der Waals surface area (Å²) in [7, 11) is 0. The summed E-state index contributed by atoms with van der Waals surface area (Å²) in [5.41, 5.74) is 2.31. The minimum atomic E-state index is -0.788. The van der Waals surface area contributed by atoms with E-state index < -0.39 is 17.5 Å². The summed E-state index contributed by atoms with van der Waals surface area (Å²) in [6.45, 7) is 1.09. The summed E-state index contributed by atoms with van der Waals surface area (Å²) in [5, 5.41) is 5.58. The molecule has 1 aliphatic heterocycles. The third kappa shape index (κ3) is 5.43. The van der Waals surface area contributed by atoms with Crippen molar-refractivity contribution in [2.24, 2.45) is 0 Å². The quantitative estimate of drug-likeness (QED) is 0.423. The molecule has 0 bridgehead atoms. The third-order valence-corrected chi connectivity index (χ3v) is 5.87. The predicted molar refractivity (Wildman–Crippen MR) is 129 cm³/mol. The summed E-state index contributed by atoms with van der Waals surface area (Å²) in [5.74, 6) is -1.42. The number of halogens is 2. The number of carbonyl (C=O) groups is 2. The highest BCUT2D eigenvalue weighted by atomic mass is 19.1. The van der Waals surface area contributed by atoms with Crippen LogP contribution in [0, 0.1) is 11.6 Å². The van der Waals surface area contributed by atoms with Crippen LogP contribution >= 0.6 is 0 Å². The van der Waals surface area contributed by atoms with E-state index in [1.807, 2.05) is 28.9 Å². The van der Waals surface area contributed by atoms with E-state index in [9.17, 15) is 18.4 Å². The second-order valence-electron chi connectivity index (χ2n) is 8.50. The van der Waals surface area contributed by atoms with Gasteiger partial charge >= 0.3 is 6.03 Å². The van der Waals surface area contributed by atoms with E-state index in [-0.39, 0.29) is 17.7 Å². The zero-order valence-electron chi connectivity index (χ0n) is 19.2. The van der Waals surface area contributed by atoms with Crippen LogP contribution in [0.3, 0.4) is 0 Å². The van der Waals surface area contributed by atoms with Gasteiger partial charge in [0.2, 0.25) is 0 Å². The molecule has 2 aromatic carbocycles. The second kappa shape index (κ2) is 10.0. The fraction of sp³-hybridized carbons (Fsp3) is 0.192. The summed E-state index contributed by atoms with van der Waals surface area (Å²) in [4.78, 5) is 30.6. The lowest BCUT2D eigenvalue weighted by atomic mass is 10.2. The zero-order chi connectivity index (χ0) is 25.1. The third-order valence-electron chi connectivity index (χ3n) is 5.87. The van der Waals surface area contributed by atoms with Gasteiger partial charge in [-0.15, -0.1) is 0 Å². The first-order valence-corrected chi connectivity index (χ1v) is 11.4. The average molecular weight is 491 g/mol. The topological polar surface area (TPSA) is 88.0 Å². The molecule has 0 spiro atoms. The van der Waals surface area contributed by atoms with Crippen molar-refractivity contribution in [3.8, 4) is 5.75 Å². The molecule has 1 aliphatic rings. The maximum Gasteiger partial charge on any atom is 0.319 e. The van der Waals surface area contributed by atoms with Gasteiger partial charge in [0.1, 0.15) is 29.1 Å². The number of hydrogen-bond donors (Lipinski definition) is 2. The Morgan fingerprint density at radius 2 is 1.81 bits per heavy atom. The number of rotatable bonds is 6. The molecule has 3 amide bonds. The molecule has 0 aliphatic carbocycles. The Balaban J connectivity index is 1.10. The molecular weight excluding hydrogens is 468 g/mol. The van der Waals surface area contributed by atoms with Gasteiger partial charge in [0, 0.05) is 55.4 Å². The Morgan fingerprint density at radius 3 is 2.58 bits per heavy atom. The van der Waals surface area contributed by atoms with Crippen molar-refractivity contribution in [3.63, 3.8) is 0 Å². The van der Waals surface area contributed by atoms with E-state index in [1.54, 1.807) is 30.5 Å². The first-order valence-electron chi connectivity index (χ1n) is 11.4. The van der Waals surface area contributed by atoms with E-state index in [4.69, 9.17) is 4.74 Å². The Kier molecular flexibility index (Phi) is 6.48. The average Bonchev–Trinajstić information content (AvgIpc) is 3.52. The highest BCUT2D eigenvalue weighted by Gasteiger charge is 2.28. The SMILES string of the molecule is O=C(NCc1ccn2ccnc2c1)Nc1ccc(O[C@@H]2CCN(C(=O)c3cc(F)cc(F)c3)C2)cc1. The first-order chi connectivity index (χ1) is 17.4. The van der Waals surface area contributed by atoms with Crippen LogP contribution in [0.25, 0.3) is 5.65 Å². The smallest absolute Gasteiger partial charge is 0.319 e. The highest BCUT2D eigenvalue weighted by Crippen LogP contribution is 2.22. The van der Waals surface area contributed by atoms with Crippen molar-refractivity contribution in [2.45, 2.75) is 19.1 Å². The monoisotopic (exact) mass is 491 g/mol. The van der Waals surface area contributed by atoms with E-state index in [0.717, 1.165) is 29.4 Å². The number of benzene rings is 2. The van der Waals surface area contributed by atoms with Crippen LogP contribution in [0.15, 0.2) is 73.2 Å². The van der Waals surface area contributed by atoms with Gasteiger partial charge in [-0.05, 0) is 54.1 Å². The number of nitrogens with one attached hydrogen (secondary N) is 2. The number of fused-ring (bicyclic) bond motifs is 1. The van der Waals surface area contributed by atoms with Gasteiger partial charge in [-0.25, -0.2) is 18.6 Å². The molecule has 1 saturated heterocycles. The van der Waals surface area contributed by atoms with Gasteiger partial charge in [0.05, 0.1) is 6.54 Å². The lowest BCUT2D eigenvalue weighted by molar-refractivity contribution is 0.0771. The van der Waals surface area contributed by atoms with E-state index in [1.165, 1.54) is 4.90 Å². The van der Waals surface area contributed by atoms with Crippen LogP contribution in [-0.2, 0) is 6.54 Å². The Hall–Kier alpha value is -4.47. The van der Waals surface area contributed by atoms with E-state index >= 15 is 0 Å². The Labute approximate surface area is 205 Å². The van der Waals surface area contributed by atoms with Gasteiger partial charge < -0.3 is 24.7 Å². The molecule has 3 heterocycles. The van der Waals surface area contributed by atoms with Gasteiger partial charge in [-0.1, -0.05) is 0 Å². The normalized spacial score (nSPS) is 15.2. The molecule has 8 nitrogen and oxygen atoms in total. The number of hydrogen-bond acceptors (Lipinski definition) is 4. The van der Waals surface area contributed by atoms with Gasteiger partial charge in [-0.2, -0.15) is 0 Å². The van der Waals surface area contributed by atoms with Gasteiger partial charge in [0.25, 0.3) is 5.91 Å². The largest absolute Gasteiger partial charge is 0.489 e.